The highest BCUT2D eigenvalue weighted by atomic mass is 19.3. The Morgan fingerprint density at radius 3 is 2.74 bits per heavy atom. The summed E-state index contributed by atoms with van der Waals surface area (Å²) in [5.74, 6) is -0.696. The monoisotopic (exact) mass is 322 g/mol. The van der Waals surface area contributed by atoms with Crippen LogP contribution in [-0.4, -0.2) is 28.9 Å². The minimum atomic E-state index is -2.85. The number of rotatable bonds is 7. The van der Waals surface area contributed by atoms with Gasteiger partial charge in [0.1, 0.15) is 11.5 Å². The van der Waals surface area contributed by atoms with Gasteiger partial charge in [0.05, 0.1) is 12.2 Å². The summed E-state index contributed by atoms with van der Waals surface area (Å²) < 4.78 is 31.6. The molecule has 2 aromatic rings. The number of carbonyl (C=O) groups excluding carboxylic acids is 1. The molecule has 8 heteroatoms. The molecule has 0 amide bonds. The number of carbonyl (C=O) groups is 1. The van der Waals surface area contributed by atoms with E-state index in [0.717, 1.165) is 6.07 Å². The summed E-state index contributed by atoms with van der Waals surface area (Å²) in [6, 6.07) is 5.31. The van der Waals surface area contributed by atoms with Gasteiger partial charge < -0.3 is 16.2 Å². The van der Waals surface area contributed by atoms with Crippen molar-refractivity contribution in [3.05, 3.63) is 47.3 Å². The van der Waals surface area contributed by atoms with Crippen molar-refractivity contribution < 1.29 is 18.3 Å². The van der Waals surface area contributed by atoms with Crippen LogP contribution in [0.2, 0.25) is 0 Å². The minimum Gasteiger partial charge on any atom is -0.478 e. The summed E-state index contributed by atoms with van der Waals surface area (Å²) in [4.78, 5) is 20.2. The number of pyridine rings is 2. The van der Waals surface area contributed by atoms with E-state index in [1.54, 1.807) is 0 Å². The van der Waals surface area contributed by atoms with Crippen molar-refractivity contribution in [3.63, 3.8) is 0 Å². The predicted molar refractivity (Wildman–Crippen MR) is 80.4 cm³/mol. The zero-order chi connectivity index (χ0) is 16.8. The fraction of sp³-hybridized carbons (Fsp3) is 0.267. The molecule has 2 aromatic heterocycles. The average Bonchev–Trinajstić information content (AvgIpc) is 2.54. The largest absolute Gasteiger partial charge is 0.478 e. The Balaban J connectivity index is 2.39. The third-order valence-electron chi connectivity index (χ3n) is 3.03. The number of anilines is 1. The second kappa shape index (κ2) is 7.59. The van der Waals surface area contributed by atoms with Crippen molar-refractivity contribution in [1.82, 2.24) is 9.97 Å². The number of nitrogen functional groups attached to an aromatic ring is 1. The topological polar surface area (TPSA) is 104 Å². The van der Waals surface area contributed by atoms with Gasteiger partial charge in [0.15, 0.2) is 0 Å². The summed E-state index contributed by atoms with van der Waals surface area (Å²) in [5, 5.41) is 0. The maximum atomic E-state index is 13.1. The molecule has 2 heterocycles. The lowest BCUT2D eigenvalue weighted by Crippen LogP contribution is -2.13. The average molecular weight is 322 g/mol. The summed E-state index contributed by atoms with van der Waals surface area (Å²) in [5.41, 5.74) is 10.1. The second-order valence-electron chi connectivity index (χ2n) is 4.64. The predicted octanol–water partition coefficient (Wildman–Crippen LogP) is 1.96. The van der Waals surface area contributed by atoms with Crippen LogP contribution < -0.4 is 16.2 Å². The lowest BCUT2D eigenvalue weighted by atomic mass is 10.0. The highest BCUT2D eigenvalue weighted by molar-refractivity contribution is 6.11. The Bertz CT molecular complexity index is 695. The fourth-order valence-corrected chi connectivity index (χ4v) is 1.89. The van der Waals surface area contributed by atoms with Gasteiger partial charge in [-0.15, -0.1) is 0 Å². The Morgan fingerprint density at radius 2 is 2.09 bits per heavy atom. The summed E-state index contributed by atoms with van der Waals surface area (Å²) in [6.45, 7) is 0.702. The van der Waals surface area contributed by atoms with Crippen LogP contribution in [0.4, 0.5) is 14.6 Å². The van der Waals surface area contributed by atoms with E-state index >= 15 is 0 Å². The van der Waals surface area contributed by atoms with E-state index in [9.17, 15) is 13.6 Å². The zero-order valence-electron chi connectivity index (χ0n) is 12.2. The van der Waals surface area contributed by atoms with Gasteiger partial charge in [-0.3, -0.25) is 4.79 Å². The van der Waals surface area contributed by atoms with E-state index in [4.69, 9.17) is 16.2 Å². The van der Waals surface area contributed by atoms with Gasteiger partial charge in [0.25, 0.3) is 6.43 Å². The molecule has 4 N–H and O–H groups in total. The molecule has 2 rings (SSSR count). The second-order valence-corrected chi connectivity index (χ2v) is 4.64. The van der Waals surface area contributed by atoms with Gasteiger partial charge in [-0.25, -0.2) is 18.7 Å². The van der Waals surface area contributed by atoms with E-state index in [0.29, 0.717) is 13.0 Å². The number of nitrogens with two attached hydrogens (primary N) is 2. The van der Waals surface area contributed by atoms with Crippen molar-refractivity contribution in [2.24, 2.45) is 5.73 Å². The number of aromatic nitrogens is 2. The highest BCUT2D eigenvalue weighted by Gasteiger charge is 2.23. The smallest absolute Gasteiger partial charge is 0.266 e. The molecule has 122 valence electrons. The molecule has 0 aromatic carbocycles. The quantitative estimate of drug-likeness (QED) is 0.596. The van der Waals surface area contributed by atoms with E-state index in [2.05, 4.69) is 9.97 Å². The van der Waals surface area contributed by atoms with E-state index < -0.39 is 23.5 Å². The maximum Gasteiger partial charge on any atom is 0.266 e. The van der Waals surface area contributed by atoms with Crippen LogP contribution in [0, 0.1) is 0 Å². The van der Waals surface area contributed by atoms with Gasteiger partial charge in [0, 0.05) is 17.8 Å². The molecule has 0 fully saturated rings. The van der Waals surface area contributed by atoms with Gasteiger partial charge in [-0.2, -0.15) is 0 Å². The first-order chi connectivity index (χ1) is 11.0. The molecule has 0 saturated heterocycles. The van der Waals surface area contributed by atoms with Crippen molar-refractivity contribution >= 4 is 11.6 Å². The van der Waals surface area contributed by atoms with Crippen LogP contribution in [0.15, 0.2) is 30.5 Å². The SMILES string of the molecule is NCCCOc1ccc(C(F)F)c(C(=O)c2cccnc2N)n1. The van der Waals surface area contributed by atoms with Gasteiger partial charge in [-0.05, 0) is 31.2 Å². The Kier molecular flexibility index (Phi) is 5.53. The molecule has 0 saturated carbocycles. The van der Waals surface area contributed by atoms with Crippen LogP contribution in [0.25, 0.3) is 0 Å². The third-order valence-corrected chi connectivity index (χ3v) is 3.03. The van der Waals surface area contributed by atoms with Gasteiger partial charge >= 0.3 is 0 Å². The lowest BCUT2D eigenvalue weighted by molar-refractivity contribution is 0.101. The molecule has 0 aliphatic carbocycles. The van der Waals surface area contributed by atoms with Crippen LogP contribution in [0.1, 0.15) is 34.5 Å². The molecule has 0 aliphatic rings. The van der Waals surface area contributed by atoms with Crippen LogP contribution in [-0.2, 0) is 0 Å². The Morgan fingerprint density at radius 1 is 1.30 bits per heavy atom. The van der Waals surface area contributed by atoms with Gasteiger partial charge in [0.2, 0.25) is 11.7 Å². The number of alkyl halides is 2. The summed E-state index contributed by atoms with van der Waals surface area (Å²) in [7, 11) is 0. The number of hydrogen-bond acceptors (Lipinski definition) is 6. The zero-order valence-corrected chi connectivity index (χ0v) is 12.2. The normalized spacial score (nSPS) is 10.8. The summed E-state index contributed by atoms with van der Waals surface area (Å²) >= 11 is 0. The maximum absolute atomic E-state index is 13.1. The van der Waals surface area contributed by atoms with E-state index in [1.807, 2.05) is 0 Å². The fourth-order valence-electron chi connectivity index (χ4n) is 1.89. The van der Waals surface area contributed by atoms with Crippen molar-refractivity contribution in [2.45, 2.75) is 12.8 Å². The number of ketones is 1. The third kappa shape index (κ3) is 3.98. The minimum absolute atomic E-state index is 0.0148. The molecule has 0 unspecified atom stereocenters. The number of hydrogen-bond donors (Lipinski definition) is 2. The highest BCUT2D eigenvalue weighted by Crippen LogP contribution is 2.26. The molecule has 0 aliphatic heterocycles. The van der Waals surface area contributed by atoms with Crippen LogP contribution in [0.5, 0.6) is 5.88 Å². The lowest BCUT2D eigenvalue weighted by Gasteiger charge is -2.11. The van der Waals surface area contributed by atoms with Gasteiger partial charge in [-0.1, -0.05) is 0 Å². The molecule has 23 heavy (non-hydrogen) atoms. The number of ether oxygens (including phenoxy) is 1. The first-order valence-electron chi connectivity index (χ1n) is 6.91. The van der Waals surface area contributed by atoms with Crippen LogP contribution >= 0.6 is 0 Å². The molecule has 0 atom stereocenters. The van der Waals surface area contributed by atoms with E-state index in [-0.39, 0.29) is 23.9 Å². The van der Waals surface area contributed by atoms with Crippen molar-refractivity contribution in [2.75, 3.05) is 18.9 Å². The number of halogens is 2. The van der Waals surface area contributed by atoms with Crippen molar-refractivity contribution in [3.8, 4) is 5.88 Å². The molecule has 0 bridgehead atoms. The molecular formula is C15H16F2N4O2. The van der Waals surface area contributed by atoms with E-state index in [1.165, 1.54) is 24.4 Å². The van der Waals surface area contributed by atoms with Crippen LogP contribution in [0.3, 0.4) is 0 Å². The first kappa shape index (κ1) is 16.8. The molecule has 0 spiro atoms. The first-order valence-corrected chi connectivity index (χ1v) is 6.91. The molecular weight excluding hydrogens is 306 g/mol. The standard InChI is InChI=1S/C15H16F2N4O2/c16-14(17)9-4-5-11(23-8-2-6-18)21-12(9)13(22)10-3-1-7-20-15(10)19/h1,3-5,7,14H,2,6,8,18H2,(H2,19,20). The Hall–Kier alpha value is -2.61. The molecule has 6 nitrogen and oxygen atoms in total. The number of nitrogens with zero attached hydrogens (tertiary/aromatic N) is 2. The Labute approximate surface area is 131 Å². The van der Waals surface area contributed by atoms with Crippen molar-refractivity contribution in [1.29, 1.82) is 0 Å². The molecule has 0 radical (unpaired) electrons. The summed E-state index contributed by atoms with van der Waals surface area (Å²) in [6.07, 6.45) is -0.866.